The molecule has 1 fully saturated rings. The van der Waals surface area contributed by atoms with Gasteiger partial charge in [-0.1, -0.05) is 30.3 Å². The minimum atomic E-state index is -3.72. The summed E-state index contributed by atoms with van der Waals surface area (Å²) in [5.74, 6) is 0.598. The van der Waals surface area contributed by atoms with Gasteiger partial charge in [0.2, 0.25) is 10.0 Å². The Morgan fingerprint density at radius 3 is 2.40 bits per heavy atom. The molecule has 2 aromatic rings. The van der Waals surface area contributed by atoms with E-state index in [-0.39, 0.29) is 10.6 Å². The number of thioether (sulfide) groups is 1. The van der Waals surface area contributed by atoms with E-state index in [1.165, 1.54) is 34.3 Å². The monoisotopic (exact) mass is 378 g/mol. The summed E-state index contributed by atoms with van der Waals surface area (Å²) in [5.41, 5.74) is 0.859. The predicted octanol–water partition coefficient (Wildman–Crippen LogP) is 3.67. The molecule has 1 aliphatic rings. The molecule has 0 aliphatic carbocycles. The molecule has 0 saturated carbocycles. The number of benzene rings is 2. The largest absolute Gasteiger partial charge is 0.270 e. The normalized spacial score (nSPS) is 15.4. The number of nitro groups is 1. The maximum Gasteiger partial charge on any atom is 0.270 e. The van der Waals surface area contributed by atoms with Crippen molar-refractivity contribution in [3.8, 4) is 0 Å². The van der Waals surface area contributed by atoms with Gasteiger partial charge in [-0.3, -0.25) is 10.1 Å². The molecular formula is C17H18N2O4S2. The molecule has 0 spiro atoms. The SMILES string of the molecule is O=[N+]([O-])c1ccc(SCc2ccccc2)c(S(=O)(=O)N2CCCC2)c1. The number of nitrogens with zero attached hydrogens (tertiary/aromatic N) is 2. The van der Waals surface area contributed by atoms with E-state index in [0.717, 1.165) is 18.4 Å². The van der Waals surface area contributed by atoms with E-state index >= 15 is 0 Å². The van der Waals surface area contributed by atoms with Gasteiger partial charge in [0.1, 0.15) is 4.90 Å². The number of non-ortho nitro benzene ring substituents is 1. The van der Waals surface area contributed by atoms with Crippen molar-refractivity contribution in [3.63, 3.8) is 0 Å². The van der Waals surface area contributed by atoms with E-state index in [2.05, 4.69) is 0 Å². The molecule has 2 aromatic carbocycles. The average molecular weight is 378 g/mol. The van der Waals surface area contributed by atoms with Crippen LogP contribution >= 0.6 is 11.8 Å². The Bertz CT molecular complexity index is 863. The second-order valence-electron chi connectivity index (χ2n) is 5.77. The molecule has 6 nitrogen and oxygen atoms in total. The number of sulfonamides is 1. The first kappa shape index (κ1) is 17.9. The van der Waals surface area contributed by atoms with Gasteiger partial charge in [0.05, 0.1) is 4.92 Å². The molecular weight excluding hydrogens is 360 g/mol. The molecule has 25 heavy (non-hydrogen) atoms. The highest BCUT2D eigenvalue weighted by atomic mass is 32.2. The van der Waals surface area contributed by atoms with Crippen molar-refractivity contribution in [2.24, 2.45) is 0 Å². The Labute approximate surface area is 151 Å². The van der Waals surface area contributed by atoms with Crippen LogP contribution in [0.15, 0.2) is 58.3 Å². The second kappa shape index (κ2) is 7.55. The third-order valence-corrected chi connectivity index (χ3v) is 7.27. The van der Waals surface area contributed by atoms with Gasteiger partial charge in [0.15, 0.2) is 0 Å². The molecule has 1 saturated heterocycles. The van der Waals surface area contributed by atoms with Gasteiger partial charge < -0.3 is 0 Å². The quantitative estimate of drug-likeness (QED) is 0.435. The maximum absolute atomic E-state index is 12.9. The molecule has 8 heteroatoms. The fourth-order valence-electron chi connectivity index (χ4n) is 2.73. The summed E-state index contributed by atoms with van der Waals surface area (Å²) in [6, 6.07) is 13.8. The minimum Gasteiger partial charge on any atom is -0.258 e. The van der Waals surface area contributed by atoms with Gasteiger partial charge >= 0.3 is 0 Å². The molecule has 1 aliphatic heterocycles. The average Bonchev–Trinajstić information content (AvgIpc) is 3.16. The zero-order chi connectivity index (χ0) is 17.9. The zero-order valence-electron chi connectivity index (χ0n) is 13.5. The maximum atomic E-state index is 12.9. The molecule has 0 unspecified atom stereocenters. The summed E-state index contributed by atoms with van der Waals surface area (Å²) in [5, 5.41) is 11.1. The number of nitro benzene ring substituents is 1. The summed E-state index contributed by atoms with van der Waals surface area (Å²) in [6.45, 7) is 0.932. The molecule has 1 heterocycles. The molecule has 0 amide bonds. The summed E-state index contributed by atoms with van der Waals surface area (Å²) in [7, 11) is -3.72. The van der Waals surface area contributed by atoms with Crippen molar-refractivity contribution in [1.29, 1.82) is 0 Å². The lowest BCUT2D eigenvalue weighted by Gasteiger charge is -2.17. The summed E-state index contributed by atoms with van der Waals surface area (Å²) in [4.78, 5) is 11.1. The molecule has 0 radical (unpaired) electrons. The number of hydrogen-bond acceptors (Lipinski definition) is 5. The fraction of sp³-hybridized carbons (Fsp3) is 0.294. The van der Waals surface area contributed by atoms with Crippen LogP contribution in [0.3, 0.4) is 0 Å². The van der Waals surface area contributed by atoms with E-state index in [0.29, 0.717) is 23.7 Å². The van der Waals surface area contributed by atoms with E-state index in [9.17, 15) is 18.5 Å². The van der Waals surface area contributed by atoms with Crippen molar-refractivity contribution >= 4 is 27.5 Å². The van der Waals surface area contributed by atoms with E-state index in [1.54, 1.807) is 0 Å². The van der Waals surface area contributed by atoms with Gasteiger partial charge in [-0.2, -0.15) is 4.31 Å². The van der Waals surface area contributed by atoms with Crippen LogP contribution in [0.2, 0.25) is 0 Å². The Morgan fingerprint density at radius 2 is 1.76 bits per heavy atom. The van der Waals surface area contributed by atoms with E-state index in [4.69, 9.17) is 0 Å². The van der Waals surface area contributed by atoms with Crippen molar-refractivity contribution in [2.45, 2.75) is 28.4 Å². The van der Waals surface area contributed by atoms with Gasteiger partial charge in [-0.05, 0) is 24.5 Å². The molecule has 0 aromatic heterocycles. The Morgan fingerprint density at radius 1 is 1.08 bits per heavy atom. The predicted molar refractivity (Wildman–Crippen MR) is 97.1 cm³/mol. The first-order valence-electron chi connectivity index (χ1n) is 7.94. The molecule has 132 valence electrons. The van der Waals surface area contributed by atoms with Gasteiger partial charge in [0.25, 0.3) is 5.69 Å². The highest BCUT2D eigenvalue weighted by Crippen LogP contribution is 2.34. The van der Waals surface area contributed by atoms with Gasteiger partial charge in [-0.25, -0.2) is 8.42 Å². The third-order valence-electron chi connectivity index (χ3n) is 4.06. The van der Waals surface area contributed by atoms with Crippen molar-refractivity contribution < 1.29 is 13.3 Å². The highest BCUT2D eigenvalue weighted by molar-refractivity contribution is 7.99. The van der Waals surface area contributed by atoms with Gasteiger partial charge in [-0.15, -0.1) is 11.8 Å². The smallest absolute Gasteiger partial charge is 0.258 e. The van der Waals surface area contributed by atoms with Crippen LogP contribution in [-0.2, 0) is 15.8 Å². The summed E-state index contributed by atoms with van der Waals surface area (Å²) in [6.07, 6.45) is 1.64. The van der Waals surface area contributed by atoms with Crippen molar-refractivity contribution in [1.82, 2.24) is 4.31 Å². The standard InChI is InChI=1S/C17H18N2O4S2/c20-19(21)15-8-9-16(24-13-14-6-2-1-3-7-14)17(12-15)25(22,23)18-10-4-5-11-18/h1-3,6-9,12H,4-5,10-11,13H2. The van der Waals surface area contributed by atoms with Crippen LogP contribution in [-0.4, -0.2) is 30.7 Å². The Kier molecular flexibility index (Phi) is 5.41. The molecule has 3 rings (SSSR count). The van der Waals surface area contributed by atoms with Crippen LogP contribution in [0.4, 0.5) is 5.69 Å². The lowest BCUT2D eigenvalue weighted by Crippen LogP contribution is -2.28. The third kappa shape index (κ3) is 4.02. The van der Waals surface area contributed by atoms with E-state index in [1.807, 2.05) is 30.3 Å². The molecule has 0 bridgehead atoms. The van der Waals surface area contributed by atoms with Crippen LogP contribution in [0.25, 0.3) is 0 Å². The number of hydrogen-bond donors (Lipinski definition) is 0. The molecule has 0 atom stereocenters. The van der Waals surface area contributed by atoms with Crippen LogP contribution in [0.1, 0.15) is 18.4 Å². The summed E-state index contributed by atoms with van der Waals surface area (Å²) >= 11 is 1.38. The first-order chi connectivity index (χ1) is 12.0. The van der Waals surface area contributed by atoms with Crippen LogP contribution in [0.5, 0.6) is 0 Å². The Hall–Kier alpha value is -1.90. The Balaban J connectivity index is 1.95. The van der Waals surface area contributed by atoms with Crippen LogP contribution in [0, 0.1) is 10.1 Å². The summed E-state index contributed by atoms with van der Waals surface area (Å²) < 4.78 is 27.3. The lowest BCUT2D eigenvalue weighted by molar-refractivity contribution is -0.385. The molecule has 0 N–H and O–H groups in total. The zero-order valence-corrected chi connectivity index (χ0v) is 15.1. The van der Waals surface area contributed by atoms with Crippen LogP contribution < -0.4 is 0 Å². The topological polar surface area (TPSA) is 80.5 Å². The van der Waals surface area contributed by atoms with Crippen molar-refractivity contribution in [3.05, 3.63) is 64.2 Å². The first-order valence-corrected chi connectivity index (χ1v) is 10.4. The minimum absolute atomic E-state index is 0.0320. The van der Waals surface area contributed by atoms with Crippen molar-refractivity contribution in [2.75, 3.05) is 13.1 Å². The van der Waals surface area contributed by atoms with Gasteiger partial charge in [0, 0.05) is 35.9 Å². The second-order valence-corrected chi connectivity index (χ2v) is 8.70. The fourth-order valence-corrected chi connectivity index (χ4v) is 5.72. The number of rotatable bonds is 6. The highest BCUT2D eigenvalue weighted by Gasteiger charge is 2.31. The lowest BCUT2D eigenvalue weighted by atomic mass is 10.2. The van der Waals surface area contributed by atoms with E-state index < -0.39 is 14.9 Å².